The summed E-state index contributed by atoms with van der Waals surface area (Å²) in [4.78, 5) is 14.0. The molecule has 0 fully saturated rings. The number of nitrogens with zero attached hydrogens (tertiary/aromatic N) is 2. The Morgan fingerprint density at radius 3 is 2.75 bits per heavy atom. The van der Waals surface area contributed by atoms with Gasteiger partial charge in [0.15, 0.2) is 0 Å². The Morgan fingerprint density at radius 2 is 2.00 bits per heavy atom. The van der Waals surface area contributed by atoms with Crippen molar-refractivity contribution in [3.63, 3.8) is 0 Å². The van der Waals surface area contributed by atoms with E-state index in [2.05, 4.69) is 29.0 Å². The van der Waals surface area contributed by atoms with Gasteiger partial charge in [-0.3, -0.25) is 0 Å². The number of benzene rings is 1. The number of hydrogen-bond acceptors (Lipinski definition) is 2. The van der Waals surface area contributed by atoms with Crippen LogP contribution in [0, 0.1) is 0 Å². The summed E-state index contributed by atoms with van der Waals surface area (Å²) in [5.74, 6) is 0. The highest BCUT2D eigenvalue weighted by Crippen LogP contribution is 2.25. The predicted octanol–water partition coefficient (Wildman–Crippen LogP) is 3.39. The Hall–Kier alpha value is -1.97. The second kappa shape index (κ2) is 4.54. The second-order valence-corrected chi connectivity index (χ2v) is 6.27. The van der Waals surface area contributed by atoms with Crippen LogP contribution in [0.2, 0.25) is 0 Å². The third-order valence-corrected chi connectivity index (χ3v) is 3.50. The van der Waals surface area contributed by atoms with Crippen LogP contribution in [-0.2, 0) is 17.8 Å². The first-order valence-electron chi connectivity index (χ1n) is 6.99. The van der Waals surface area contributed by atoms with Gasteiger partial charge in [0.05, 0.1) is 12.1 Å². The molecule has 1 aromatic carbocycles. The number of para-hydroxylation sites is 1. The minimum absolute atomic E-state index is 0.236. The molecule has 1 amide bonds. The number of carbonyl (C=O) groups excluding carboxylic acids is 1. The molecule has 0 N–H and O–H groups in total. The van der Waals surface area contributed by atoms with E-state index in [1.165, 1.54) is 16.5 Å². The van der Waals surface area contributed by atoms with E-state index in [0.717, 1.165) is 6.54 Å². The first-order valence-corrected chi connectivity index (χ1v) is 6.99. The van der Waals surface area contributed by atoms with Gasteiger partial charge in [0, 0.05) is 19.3 Å². The van der Waals surface area contributed by atoms with Crippen LogP contribution in [0.25, 0.3) is 10.9 Å². The highest BCUT2D eigenvalue weighted by atomic mass is 16.6. The Kier molecular flexibility index (Phi) is 2.96. The molecule has 0 saturated heterocycles. The van der Waals surface area contributed by atoms with E-state index in [4.69, 9.17) is 4.74 Å². The molecule has 0 radical (unpaired) electrons. The van der Waals surface area contributed by atoms with E-state index in [-0.39, 0.29) is 6.09 Å². The molecule has 3 rings (SSSR count). The fourth-order valence-electron chi connectivity index (χ4n) is 2.65. The third kappa shape index (κ3) is 2.38. The van der Waals surface area contributed by atoms with Gasteiger partial charge in [-0.1, -0.05) is 18.2 Å². The molecule has 2 heterocycles. The van der Waals surface area contributed by atoms with Crippen molar-refractivity contribution in [1.29, 1.82) is 0 Å². The zero-order valence-corrected chi connectivity index (χ0v) is 12.2. The van der Waals surface area contributed by atoms with Crippen molar-refractivity contribution in [2.45, 2.75) is 39.5 Å². The first-order chi connectivity index (χ1) is 9.44. The topological polar surface area (TPSA) is 34.5 Å². The smallest absolute Gasteiger partial charge is 0.410 e. The summed E-state index contributed by atoms with van der Waals surface area (Å²) in [7, 11) is 0. The zero-order valence-electron chi connectivity index (χ0n) is 12.2. The van der Waals surface area contributed by atoms with Crippen LogP contribution in [0.4, 0.5) is 4.79 Å². The largest absolute Gasteiger partial charge is 0.444 e. The van der Waals surface area contributed by atoms with Crippen LogP contribution in [0.5, 0.6) is 0 Å². The summed E-state index contributed by atoms with van der Waals surface area (Å²) in [6.07, 6.45) is 1.85. The lowest BCUT2D eigenvalue weighted by atomic mass is 10.1. The van der Waals surface area contributed by atoms with Gasteiger partial charge in [0.2, 0.25) is 0 Å². The first kappa shape index (κ1) is 13.0. The van der Waals surface area contributed by atoms with Crippen molar-refractivity contribution in [3.05, 3.63) is 36.0 Å². The zero-order chi connectivity index (χ0) is 14.3. The SMILES string of the molecule is CC(C)(C)OC(=O)N1CCn2ccc3cccc(c32)C1. The fourth-order valence-corrected chi connectivity index (χ4v) is 2.65. The molecular formula is C16H20N2O2. The Bertz CT molecular complexity index is 652. The summed E-state index contributed by atoms with van der Waals surface area (Å²) in [6, 6.07) is 8.36. The average Bonchev–Trinajstić information content (AvgIpc) is 2.65. The minimum Gasteiger partial charge on any atom is -0.444 e. The number of rotatable bonds is 0. The molecule has 1 aliphatic heterocycles. The summed E-state index contributed by atoms with van der Waals surface area (Å²) in [5, 5.41) is 1.23. The molecule has 1 aliphatic rings. The molecule has 0 bridgehead atoms. The van der Waals surface area contributed by atoms with Crippen LogP contribution in [0.1, 0.15) is 26.3 Å². The van der Waals surface area contributed by atoms with Crippen LogP contribution in [0.3, 0.4) is 0 Å². The minimum atomic E-state index is -0.454. The maximum atomic E-state index is 12.3. The van der Waals surface area contributed by atoms with Crippen molar-refractivity contribution >= 4 is 17.0 Å². The van der Waals surface area contributed by atoms with Crippen molar-refractivity contribution < 1.29 is 9.53 Å². The maximum absolute atomic E-state index is 12.3. The van der Waals surface area contributed by atoms with Gasteiger partial charge < -0.3 is 14.2 Å². The molecule has 0 saturated carbocycles. The molecule has 106 valence electrons. The van der Waals surface area contributed by atoms with Gasteiger partial charge in [-0.15, -0.1) is 0 Å². The van der Waals surface area contributed by atoms with Crippen molar-refractivity contribution in [2.24, 2.45) is 0 Å². The normalized spacial score (nSPS) is 15.2. The Labute approximate surface area is 118 Å². The maximum Gasteiger partial charge on any atom is 0.410 e. The average molecular weight is 272 g/mol. The van der Waals surface area contributed by atoms with Crippen molar-refractivity contribution in [3.8, 4) is 0 Å². The molecule has 2 aromatic rings. The standard InChI is InChI=1S/C16H20N2O2/c1-16(2,3)20-15(19)18-10-9-17-8-7-12-5-4-6-13(11-18)14(12)17/h4-8H,9-11H2,1-3H3. The lowest BCUT2D eigenvalue weighted by Crippen LogP contribution is -2.37. The van der Waals surface area contributed by atoms with Gasteiger partial charge in [-0.25, -0.2) is 4.79 Å². The van der Waals surface area contributed by atoms with Gasteiger partial charge >= 0.3 is 6.09 Å². The summed E-state index contributed by atoms with van der Waals surface area (Å²) in [5.41, 5.74) is 1.96. The number of aromatic nitrogens is 1. The highest BCUT2D eigenvalue weighted by molar-refractivity contribution is 5.84. The highest BCUT2D eigenvalue weighted by Gasteiger charge is 2.24. The van der Waals surface area contributed by atoms with Crippen LogP contribution in [0.15, 0.2) is 30.5 Å². The molecule has 1 aromatic heterocycles. The number of hydrogen-bond donors (Lipinski definition) is 0. The van der Waals surface area contributed by atoms with E-state index in [9.17, 15) is 4.79 Å². The van der Waals surface area contributed by atoms with Crippen molar-refractivity contribution in [1.82, 2.24) is 9.47 Å². The number of ether oxygens (including phenoxy) is 1. The molecule has 20 heavy (non-hydrogen) atoms. The quantitative estimate of drug-likeness (QED) is 0.736. The Balaban J connectivity index is 1.89. The van der Waals surface area contributed by atoms with E-state index < -0.39 is 5.60 Å². The van der Waals surface area contributed by atoms with Crippen LogP contribution in [-0.4, -0.2) is 27.7 Å². The molecule has 4 heteroatoms. The van der Waals surface area contributed by atoms with Crippen LogP contribution >= 0.6 is 0 Å². The Morgan fingerprint density at radius 1 is 1.20 bits per heavy atom. The molecule has 0 atom stereocenters. The molecule has 0 spiro atoms. The van der Waals surface area contributed by atoms with Gasteiger partial charge in [-0.2, -0.15) is 0 Å². The van der Waals surface area contributed by atoms with E-state index >= 15 is 0 Å². The van der Waals surface area contributed by atoms with Gasteiger partial charge in [-0.05, 0) is 37.8 Å². The number of carbonyl (C=O) groups is 1. The monoisotopic (exact) mass is 272 g/mol. The molecule has 4 nitrogen and oxygen atoms in total. The summed E-state index contributed by atoms with van der Waals surface area (Å²) < 4.78 is 7.70. The molecule has 0 unspecified atom stereocenters. The van der Waals surface area contributed by atoms with Crippen molar-refractivity contribution in [2.75, 3.05) is 6.54 Å². The summed E-state index contributed by atoms with van der Waals surface area (Å²) in [6.45, 7) is 7.77. The van der Waals surface area contributed by atoms with E-state index in [0.29, 0.717) is 13.1 Å². The molecule has 0 aliphatic carbocycles. The van der Waals surface area contributed by atoms with E-state index in [1.807, 2.05) is 26.8 Å². The predicted molar refractivity (Wildman–Crippen MR) is 78.6 cm³/mol. The second-order valence-electron chi connectivity index (χ2n) is 6.27. The fraction of sp³-hybridized carbons (Fsp3) is 0.438. The number of amides is 1. The lowest BCUT2D eigenvalue weighted by molar-refractivity contribution is 0.0233. The third-order valence-electron chi connectivity index (χ3n) is 3.50. The van der Waals surface area contributed by atoms with Gasteiger partial charge in [0.1, 0.15) is 5.60 Å². The van der Waals surface area contributed by atoms with Gasteiger partial charge in [0.25, 0.3) is 0 Å². The molecular weight excluding hydrogens is 252 g/mol. The van der Waals surface area contributed by atoms with Crippen LogP contribution < -0.4 is 0 Å². The lowest BCUT2D eigenvalue weighted by Gasteiger charge is -2.26. The van der Waals surface area contributed by atoms with E-state index in [1.54, 1.807) is 4.90 Å². The summed E-state index contributed by atoms with van der Waals surface area (Å²) >= 11 is 0.